The van der Waals surface area contributed by atoms with Gasteiger partial charge in [-0.1, -0.05) is 54.2 Å². The fourth-order valence-electron chi connectivity index (χ4n) is 4.46. The third-order valence-corrected chi connectivity index (χ3v) is 7.29. The Bertz CT molecular complexity index is 1300. The number of nitrogens with one attached hydrogen (secondary N) is 1. The maximum absolute atomic E-state index is 13.2. The van der Waals surface area contributed by atoms with Crippen LogP contribution in [0.15, 0.2) is 78.2 Å². The van der Waals surface area contributed by atoms with Gasteiger partial charge in [0, 0.05) is 18.0 Å². The van der Waals surface area contributed by atoms with Gasteiger partial charge in [-0.15, -0.1) is 10.2 Å². The molecule has 2 atom stereocenters. The molecule has 0 fully saturated rings. The van der Waals surface area contributed by atoms with Crippen LogP contribution in [-0.2, 0) is 11.2 Å². The third kappa shape index (κ3) is 4.48. The first-order valence-corrected chi connectivity index (χ1v) is 12.5. The van der Waals surface area contributed by atoms with Crippen molar-refractivity contribution in [2.45, 2.75) is 49.6 Å². The predicted octanol–water partition coefficient (Wildman–Crippen LogP) is 5.31. The van der Waals surface area contributed by atoms with Crippen LogP contribution in [0.2, 0.25) is 0 Å². The minimum absolute atomic E-state index is 0.00830. The minimum atomic E-state index is -0.331. The summed E-state index contributed by atoms with van der Waals surface area (Å²) in [5.41, 5.74) is 5.54. The van der Waals surface area contributed by atoms with Gasteiger partial charge in [-0.3, -0.25) is 14.3 Å². The van der Waals surface area contributed by atoms with Crippen molar-refractivity contribution in [2.75, 3.05) is 0 Å². The number of rotatable bonds is 6. The summed E-state index contributed by atoms with van der Waals surface area (Å²) in [5, 5.41) is 12.6. The summed E-state index contributed by atoms with van der Waals surface area (Å²) in [6.45, 7) is 3.99. The molecule has 0 aliphatic heterocycles. The number of amides is 1. The van der Waals surface area contributed by atoms with Gasteiger partial charge < -0.3 is 5.32 Å². The molecule has 0 saturated heterocycles. The van der Waals surface area contributed by atoms with Crippen LogP contribution >= 0.6 is 11.8 Å². The zero-order valence-corrected chi connectivity index (χ0v) is 20.1. The second-order valence-electron chi connectivity index (χ2n) is 8.58. The standard InChI is InChI=1S/C27H27N5OS/c1-18-9-3-6-15-24(18)32-25(21-12-8-16-28-17-21)30-31-27(32)34-19(2)26(33)29-23-14-7-11-20-10-4-5-13-22(20)23/h3-6,8-10,12-13,15-17,19,23H,7,11,14H2,1-2H3,(H,29,33)/t19-,23+/m0/s1. The van der Waals surface area contributed by atoms with E-state index in [-0.39, 0.29) is 17.2 Å². The van der Waals surface area contributed by atoms with E-state index in [9.17, 15) is 4.79 Å². The van der Waals surface area contributed by atoms with Crippen LogP contribution in [0.3, 0.4) is 0 Å². The maximum atomic E-state index is 13.2. The average molecular weight is 470 g/mol. The van der Waals surface area contributed by atoms with Gasteiger partial charge in [0.2, 0.25) is 5.91 Å². The van der Waals surface area contributed by atoms with E-state index >= 15 is 0 Å². The second-order valence-corrected chi connectivity index (χ2v) is 9.89. The van der Waals surface area contributed by atoms with Crippen molar-refractivity contribution in [2.24, 2.45) is 0 Å². The number of carbonyl (C=O) groups excluding carboxylic acids is 1. The number of carbonyl (C=O) groups is 1. The van der Waals surface area contributed by atoms with Crippen LogP contribution in [0.25, 0.3) is 17.1 Å². The molecule has 0 unspecified atom stereocenters. The van der Waals surface area contributed by atoms with E-state index in [2.05, 4.69) is 51.7 Å². The summed E-state index contributed by atoms with van der Waals surface area (Å²) in [6, 6.07) is 20.4. The zero-order valence-electron chi connectivity index (χ0n) is 19.3. The zero-order chi connectivity index (χ0) is 23.5. The number of fused-ring (bicyclic) bond motifs is 1. The molecule has 5 rings (SSSR count). The van der Waals surface area contributed by atoms with Crippen LogP contribution in [0.1, 0.15) is 42.5 Å². The summed E-state index contributed by atoms with van der Waals surface area (Å²) in [7, 11) is 0. The van der Waals surface area contributed by atoms with Gasteiger partial charge in [0.25, 0.3) is 0 Å². The first kappa shape index (κ1) is 22.3. The van der Waals surface area contributed by atoms with Crippen LogP contribution in [0.5, 0.6) is 0 Å². The van der Waals surface area contributed by atoms with Crippen molar-refractivity contribution >= 4 is 17.7 Å². The molecule has 2 aromatic heterocycles. The number of aromatic nitrogens is 4. The van der Waals surface area contributed by atoms with E-state index in [0.29, 0.717) is 11.0 Å². The van der Waals surface area contributed by atoms with Crippen molar-refractivity contribution < 1.29 is 4.79 Å². The molecule has 2 aromatic carbocycles. The lowest BCUT2D eigenvalue weighted by molar-refractivity contribution is -0.121. The molecule has 6 nitrogen and oxygen atoms in total. The molecule has 1 N–H and O–H groups in total. The molecular weight excluding hydrogens is 442 g/mol. The Balaban J connectivity index is 1.42. The topological polar surface area (TPSA) is 72.7 Å². The predicted molar refractivity (Wildman–Crippen MR) is 135 cm³/mol. The van der Waals surface area contributed by atoms with E-state index < -0.39 is 0 Å². The Hall–Kier alpha value is -3.45. The normalized spacial score (nSPS) is 16.0. The highest BCUT2D eigenvalue weighted by atomic mass is 32.2. The van der Waals surface area contributed by atoms with E-state index in [1.54, 1.807) is 12.4 Å². The summed E-state index contributed by atoms with van der Waals surface area (Å²) < 4.78 is 2.02. The number of aryl methyl sites for hydroxylation is 2. The number of thioether (sulfide) groups is 1. The third-order valence-electron chi connectivity index (χ3n) is 6.25. The quantitative estimate of drug-likeness (QED) is 0.387. The summed E-state index contributed by atoms with van der Waals surface area (Å²) >= 11 is 1.42. The van der Waals surface area contributed by atoms with Crippen LogP contribution < -0.4 is 5.32 Å². The van der Waals surface area contributed by atoms with Crippen molar-refractivity contribution in [1.29, 1.82) is 0 Å². The molecule has 0 bridgehead atoms. The fourth-order valence-corrected chi connectivity index (χ4v) is 5.33. The summed E-state index contributed by atoms with van der Waals surface area (Å²) in [5.74, 6) is 0.715. The first-order valence-electron chi connectivity index (χ1n) is 11.6. The second kappa shape index (κ2) is 9.81. The number of pyridine rings is 1. The first-order chi connectivity index (χ1) is 16.6. The van der Waals surface area contributed by atoms with E-state index in [0.717, 1.165) is 36.1 Å². The van der Waals surface area contributed by atoms with E-state index in [1.807, 2.05) is 47.9 Å². The molecule has 0 spiro atoms. The van der Waals surface area contributed by atoms with E-state index in [1.165, 1.54) is 22.9 Å². The monoisotopic (exact) mass is 469 g/mol. The largest absolute Gasteiger partial charge is 0.348 e. The Kier molecular flexibility index (Phi) is 6.45. The Morgan fingerprint density at radius 3 is 2.74 bits per heavy atom. The molecule has 172 valence electrons. The number of hydrogen-bond donors (Lipinski definition) is 1. The molecule has 1 amide bonds. The molecule has 1 aliphatic carbocycles. The lowest BCUT2D eigenvalue weighted by atomic mass is 9.88. The molecule has 2 heterocycles. The molecule has 0 radical (unpaired) electrons. The molecular formula is C27H27N5OS. The molecule has 34 heavy (non-hydrogen) atoms. The highest BCUT2D eigenvalue weighted by Gasteiger charge is 2.26. The summed E-state index contributed by atoms with van der Waals surface area (Å²) in [6.07, 6.45) is 6.64. The SMILES string of the molecule is Cc1ccccc1-n1c(S[C@@H](C)C(=O)N[C@@H]2CCCc3ccccc32)nnc1-c1cccnc1. The lowest BCUT2D eigenvalue weighted by Gasteiger charge is -2.27. The van der Waals surface area contributed by atoms with Crippen molar-refractivity contribution in [3.8, 4) is 17.1 Å². The van der Waals surface area contributed by atoms with Crippen molar-refractivity contribution in [3.63, 3.8) is 0 Å². The molecule has 4 aromatic rings. The fraction of sp³-hybridized carbons (Fsp3) is 0.259. The number of nitrogens with zero attached hydrogens (tertiary/aromatic N) is 4. The number of hydrogen-bond acceptors (Lipinski definition) is 5. The summed E-state index contributed by atoms with van der Waals surface area (Å²) in [4.78, 5) is 17.5. The van der Waals surface area contributed by atoms with Crippen molar-refractivity contribution in [3.05, 3.63) is 89.7 Å². The highest BCUT2D eigenvalue weighted by molar-refractivity contribution is 8.00. The van der Waals surface area contributed by atoms with Crippen LogP contribution in [0, 0.1) is 6.92 Å². The molecule has 0 saturated carbocycles. The lowest BCUT2D eigenvalue weighted by Crippen LogP contribution is -2.36. The van der Waals surface area contributed by atoms with Gasteiger partial charge in [-0.2, -0.15) is 0 Å². The number of para-hydroxylation sites is 1. The van der Waals surface area contributed by atoms with Gasteiger partial charge in [-0.25, -0.2) is 0 Å². The van der Waals surface area contributed by atoms with Gasteiger partial charge in [0.1, 0.15) is 0 Å². The maximum Gasteiger partial charge on any atom is 0.233 e. The van der Waals surface area contributed by atoms with Gasteiger partial charge in [-0.05, 0) is 68.0 Å². The Morgan fingerprint density at radius 1 is 1.09 bits per heavy atom. The smallest absolute Gasteiger partial charge is 0.233 e. The van der Waals surface area contributed by atoms with Crippen LogP contribution in [0.4, 0.5) is 0 Å². The number of benzene rings is 2. The minimum Gasteiger partial charge on any atom is -0.348 e. The molecule has 7 heteroatoms. The van der Waals surface area contributed by atoms with Crippen molar-refractivity contribution in [1.82, 2.24) is 25.1 Å². The highest BCUT2D eigenvalue weighted by Crippen LogP contribution is 2.33. The van der Waals surface area contributed by atoms with Gasteiger partial charge in [0.15, 0.2) is 11.0 Å². The average Bonchev–Trinajstić information content (AvgIpc) is 3.28. The van der Waals surface area contributed by atoms with Gasteiger partial charge in [0.05, 0.1) is 17.0 Å². The van der Waals surface area contributed by atoms with Gasteiger partial charge >= 0.3 is 0 Å². The van der Waals surface area contributed by atoms with Crippen LogP contribution in [-0.4, -0.2) is 30.9 Å². The van der Waals surface area contributed by atoms with E-state index in [4.69, 9.17) is 0 Å². The Morgan fingerprint density at radius 2 is 1.91 bits per heavy atom. The molecule has 1 aliphatic rings. The Labute approximate surface area is 203 Å².